The summed E-state index contributed by atoms with van der Waals surface area (Å²) in [4.78, 5) is 23.7. The van der Waals surface area contributed by atoms with Crippen molar-refractivity contribution in [2.45, 2.75) is 64.1 Å². The minimum atomic E-state index is -3.82. The van der Waals surface area contributed by atoms with Crippen LogP contribution in [0.2, 0.25) is 0 Å². The van der Waals surface area contributed by atoms with E-state index in [2.05, 4.69) is 10.6 Å². The Morgan fingerprint density at radius 3 is 2.09 bits per heavy atom. The molecule has 2 aromatic carbocycles. The number of carbonyl (C=O) groups is 2. The number of benzene rings is 2. The molecule has 0 aliphatic carbocycles. The van der Waals surface area contributed by atoms with E-state index in [1.165, 1.54) is 12.1 Å². The molecule has 0 bridgehead atoms. The van der Waals surface area contributed by atoms with Gasteiger partial charge in [0.05, 0.1) is 11.5 Å². The van der Waals surface area contributed by atoms with Crippen LogP contribution in [0.4, 0.5) is 4.79 Å². The van der Waals surface area contributed by atoms with Crippen LogP contribution < -0.4 is 10.6 Å². The van der Waals surface area contributed by atoms with Gasteiger partial charge in [-0.1, -0.05) is 42.0 Å². The van der Waals surface area contributed by atoms with E-state index in [-0.39, 0.29) is 17.4 Å². The Balaban J connectivity index is 1.66. The summed E-state index contributed by atoms with van der Waals surface area (Å²) in [6.45, 7) is 8.09. The van der Waals surface area contributed by atoms with E-state index in [1.807, 2.05) is 19.1 Å². The van der Waals surface area contributed by atoms with Crippen LogP contribution in [-0.4, -0.2) is 39.1 Å². The largest absolute Gasteiger partial charge is 0.444 e. The fourth-order valence-electron chi connectivity index (χ4n) is 2.89. The number of carbonyl (C=O) groups excluding carboxylic acids is 2. The van der Waals surface area contributed by atoms with Crippen molar-refractivity contribution in [2.24, 2.45) is 0 Å². The Labute approximate surface area is 202 Å². The Kier molecular flexibility index (Phi) is 10.1. The monoisotopic (exact) mass is 490 g/mol. The third-order valence-electron chi connectivity index (χ3n) is 4.70. The number of nitrogens with one attached hydrogen (secondary N) is 2. The molecule has 0 atom stereocenters. The molecule has 0 aromatic heterocycles. The van der Waals surface area contributed by atoms with Crippen molar-refractivity contribution in [1.82, 2.24) is 10.6 Å². The summed E-state index contributed by atoms with van der Waals surface area (Å²) in [5.74, 6) is -0.0751. The molecule has 2 aromatic rings. The molecular formula is C25H34N2O6S. The van der Waals surface area contributed by atoms with Crippen LogP contribution in [0.5, 0.6) is 0 Å². The molecule has 2 N–H and O–H groups in total. The highest BCUT2D eigenvalue weighted by atomic mass is 32.2. The van der Waals surface area contributed by atoms with E-state index in [1.54, 1.807) is 45.0 Å². The molecule has 0 saturated carbocycles. The molecular weight excluding hydrogens is 456 g/mol. The van der Waals surface area contributed by atoms with Crippen molar-refractivity contribution in [3.8, 4) is 0 Å². The lowest BCUT2D eigenvalue weighted by atomic mass is 10.1. The first-order chi connectivity index (χ1) is 15.9. The maximum atomic E-state index is 12.3. The number of hydrogen-bond donors (Lipinski definition) is 2. The van der Waals surface area contributed by atoms with Gasteiger partial charge in [0.15, 0.2) is 0 Å². The lowest BCUT2D eigenvalue weighted by molar-refractivity contribution is -0.121. The highest BCUT2D eigenvalue weighted by Gasteiger charge is 2.16. The van der Waals surface area contributed by atoms with E-state index in [0.29, 0.717) is 32.4 Å². The number of rotatable bonds is 11. The Hall–Kier alpha value is -2.91. The van der Waals surface area contributed by atoms with Crippen LogP contribution in [0.15, 0.2) is 53.4 Å². The van der Waals surface area contributed by atoms with Crippen molar-refractivity contribution >= 4 is 22.1 Å². The zero-order valence-corrected chi connectivity index (χ0v) is 21.0. The minimum absolute atomic E-state index is 0.0612. The van der Waals surface area contributed by atoms with Crippen molar-refractivity contribution < 1.29 is 26.9 Å². The summed E-state index contributed by atoms with van der Waals surface area (Å²) in [5, 5.41) is 5.47. The van der Waals surface area contributed by atoms with Gasteiger partial charge in [0.2, 0.25) is 5.91 Å². The molecule has 2 amide bonds. The number of aryl methyl sites for hydroxylation is 2. The second kappa shape index (κ2) is 12.5. The third kappa shape index (κ3) is 10.4. The zero-order valence-electron chi connectivity index (χ0n) is 20.2. The van der Waals surface area contributed by atoms with Gasteiger partial charge in [0, 0.05) is 19.5 Å². The van der Waals surface area contributed by atoms with Crippen LogP contribution in [0.3, 0.4) is 0 Å². The van der Waals surface area contributed by atoms with Gasteiger partial charge in [-0.15, -0.1) is 0 Å². The number of hydrogen-bond acceptors (Lipinski definition) is 6. The van der Waals surface area contributed by atoms with Crippen LogP contribution in [-0.2, 0) is 36.9 Å². The van der Waals surface area contributed by atoms with Gasteiger partial charge in [0.25, 0.3) is 10.1 Å². The summed E-state index contributed by atoms with van der Waals surface area (Å²) in [6.07, 6.45) is 1.02. The Morgan fingerprint density at radius 1 is 0.882 bits per heavy atom. The van der Waals surface area contributed by atoms with Crippen molar-refractivity contribution in [1.29, 1.82) is 0 Å². The minimum Gasteiger partial charge on any atom is -0.444 e. The Bertz CT molecular complexity index is 1040. The molecule has 0 aliphatic heterocycles. The highest BCUT2D eigenvalue weighted by molar-refractivity contribution is 7.86. The standard InChI is InChI=1S/C25H34N2O6S/c1-19-6-13-22(14-7-19)34(30,31)32-18-21-10-8-20(9-11-21)12-15-23(28)26-16-5-17-27-24(29)33-25(2,3)4/h6-11,13-14H,5,12,15-18H2,1-4H3,(H,26,28)(H,27,29). The quantitative estimate of drug-likeness (QED) is 0.365. The van der Waals surface area contributed by atoms with Gasteiger partial charge in [-0.25, -0.2) is 4.79 Å². The summed E-state index contributed by atoms with van der Waals surface area (Å²) in [7, 11) is -3.82. The van der Waals surface area contributed by atoms with Crippen LogP contribution in [0.25, 0.3) is 0 Å². The molecule has 0 fully saturated rings. The molecule has 0 radical (unpaired) electrons. The van der Waals surface area contributed by atoms with Gasteiger partial charge in [0.1, 0.15) is 5.60 Å². The fourth-order valence-corrected chi connectivity index (χ4v) is 3.78. The van der Waals surface area contributed by atoms with E-state index in [4.69, 9.17) is 8.92 Å². The molecule has 0 aliphatic rings. The van der Waals surface area contributed by atoms with Crippen LogP contribution in [0.1, 0.15) is 50.3 Å². The highest BCUT2D eigenvalue weighted by Crippen LogP contribution is 2.16. The third-order valence-corrected chi connectivity index (χ3v) is 5.98. The molecule has 0 saturated heterocycles. The topological polar surface area (TPSA) is 111 Å². The lowest BCUT2D eigenvalue weighted by Crippen LogP contribution is -2.34. The first kappa shape index (κ1) is 27.3. The molecule has 9 heteroatoms. The van der Waals surface area contributed by atoms with E-state index >= 15 is 0 Å². The van der Waals surface area contributed by atoms with Crippen molar-refractivity contribution in [2.75, 3.05) is 13.1 Å². The number of amides is 2. The molecule has 186 valence electrons. The number of ether oxygens (including phenoxy) is 1. The van der Waals surface area contributed by atoms with Crippen LogP contribution >= 0.6 is 0 Å². The first-order valence-electron chi connectivity index (χ1n) is 11.2. The molecule has 0 spiro atoms. The van der Waals surface area contributed by atoms with Gasteiger partial charge >= 0.3 is 6.09 Å². The average Bonchev–Trinajstić information content (AvgIpc) is 2.76. The lowest BCUT2D eigenvalue weighted by Gasteiger charge is -2.19. The van der Waals surface area contributed by atoms with Gasteiger partial charge in [-0.3, -0.25) is 8.98 Å². The van der Waals surface area contributed by atoms with E-state index < -0.39 is 21.8 Å². The summed E-state index contributed by atoms with van der Waals surface area (Å²) >= 11 is 0. The predicted octanol–water partition coefficient (Wildman–Crippen LogP) is 3.86. The maximum absolute atomic E-state index is 12.3. The molecule has 0 unspecified atom stereocenters. The van der Waals surface area contributed by atoms with Crippen LogP contribution in [0, 0.1) is 6.92 Å². The SMILES string of the molecule is Cc1ccc(S(=O)(=O)OCc2ccc(CCC(=O)NCCCNC(=O)OC(C)(C)C)cc2)cc1. The van der Waals surface area contributed by atoms with Gasteiger partial charge < -0.3 is 15.4 Å². The molecule has 0 heterocycles. The van der Waals surface area contributed by atoms with E-state index in [9.17, 15) is 18.0 Å². The second-order valence-electron chi connectivity index (χ2n) is 8.98. The first-order valence-corrected chi connectivity index (χ1v) is 12.6. The van der Waals surface area contributed by atoms with Crippen molar-refractivity contribution in [3.05, 3.63) is 65.2 Å². The zero-order chi connectivity index (χ0) is 25.2. The second-order valence-corrected chi connectivity index (χ2v) is 10.6. The summed E-state index contributed by atoms with van der Waals surface area (Å²) in [6, 6.07) is 13.8. The molecule has 2 rings (SSSR count). The average molecular weight is 491 g/mol. The van der Waals surface area contributed by atoms with E-state index in [0.717, 1.165) is 16.7 Å². The molecule has 34 heavy (non-hydrogen) atoms. The smallest absolute Gasteiger partial charge is 0.407 e. The molecule has 8 nitrogen and oxygen atoms in total. The van der Waals surface area contributed by atoms with Gasteiger partial charge in [-0.2, -0.15) is 8.42 Å². The normalized spacial score (nSPS) is 11.6. The Morgan fingerprint density at radius 2 is 1.47 bits per heavy atom. The predicted molar refractivity (Wildman–Crippen MR) is 130 cm³/mol. The number of alkyl carbamates (subject to hydrolysis) is 1. The van der Waals surface area contributed by atoms with Crippen molar-refractivity contribution in [3.63, 3.8) is 0 Å². The fraction of sp³-hybridized carbons (Fsp3) is 0.440. The van der Waals surface area contributed by atoms with Gasteiger partial charge in [-0.05, 0) is 63.8 Å². The maximum Gasteiger partial charge on any atom is 0.407 e. The summed E-state index contributed by atoms with van der Waals surface area (Å²) in [5.41, 5.74) is 2.12. The summed E-state index contributed by atoms with van der Waals surface area (Å²) < 4.78 is 34.9.